The maximum absolute atomic E-state index is 11.4. The van der Waals surface area contributed by atoms with Crippen LogP contribution >= 0.6 is 11.6 Å². The average Bonchev–Trinajstić information content (AvgIpc) is 2.71. The molecule has 2 aromatic rings. The first-order chi connectivity index (χ1) is 8.30. The highest BCUT2D eigenvalue weighted by molar-refractivity contribution is 7.91. The van der Waals surface area contributed by atoms with E-state index in [9.17, 15) is 13.5 Å². The summed E-state index contributed by atoms with van der Waals surface area (Å²) in [6, 6.07) is 6.82. The van der Waals surface area contributed by atoms with Crippen molar-refractivity contribution in [3.8, 4) is 0 Å². The highest BCUT2D eigenvalue weighted by Crippen LogP contribution is 2.31. The molecular weight excluding hydrogens is 276 g/mol. The third-order valence-electron chi connectivity index (χ3n) is 2.93. The molecule has 0 amide bonds. The highest BCUT2D eigenvalue weighted by atomic mass is 35.5. The monoisotopic (exact) mass is 288 g/mol. The van der Waals surface area contributed by atoms with Gasteiger partial charge in [0.25, 0.3) is 0 Å². The van der Waals surface area contributed by atoms with Crippen LogP contribution in [-0.4, -0.2) is 25.0 Å². The third-order valence-corrected chi connectivity index (χ3v) is 4.83. The Hall–Kier alpha value is -1.04. The quantitative estimate of drug-likeness (QED) is 0.942. The minimum absolute atomic E-state index is 0.205. The molecule has 1 aromatic heterocycles. The summed E-state index contributed by atoms with van der Waals surface area (Å²) < 4.78 is 28.2. The second-order valence-electron chi connectivity index (χ2n) is 4.29. The van der Waals surface area contributed by atoms with E-state index in [-0.39, 0.29) is 5.76 Å². The maximum Gasteiger partial charge on any atom is 0.153 e. The molecule has 0 fully saturated rings. The van der Waals surface area contributed by atoms with Crippen molar-refractivity contribution in [2.24, 2.45) is 0 Å². The van der Waals surface area contributed by atoms with Gasteiger partial charge in [0.05, 0.1) is 10.3 Å². The summed E-state index contributed by atoms with van der Waals surface area (Å²) in [5.74, 6) is 0.205. The standard InChI is InChI=1S/C12H13ClO4S/c1-7(18(2,15)16)11(14)10-6-8-4-3-5-9(13)12(8)17-10/h3-7,11,14H,1-2H3. The molecule has 2 unspecified atom stereocenters. The van der Waals surface area contributed by atoms with Crippen molar-refractivity contribution in [3.05, 3.63) is 35.0 Å². The Morgan fingerprint density at radius 3 is 2.61 bits per heavy atom. The summed E-state index contributed by atoms with van der Waals surface area (Å²) in [6.07, 6.45) is -0.125. The lowest BCUT2D eigenvalue weighted by molar-refractivity contribution is 0.151. The fourth-order valence-electron chi connectivity index (χ4n) is 1.66. The molecule has 6 heteroatoms. The largest absolute Gasteiger partial charge is 0.457 e. The van der Waals surface area contributed by atoms with Gasteiger partial charge in [-0.1, -0.05) is 23.7 Å². The van der Waals surface area contributed by atoms with Crippen LogP contribution in [0.4, 0.5) is 0 Å². The minimum Gasteiger partial charge on any atom is -0.457 e. The zero-order chi connectivity index (χ0) is 13.5. The van der Waals surface area contributed by atoms with Crippen molar-refractivity contribution in [1.29, 1.82) is 0 Å². The molecule has 0 bridgehead atoms. The number of benzene rings is 1. The third kappa shape index (κ3) is 2.39. The molecule has 4 nitrogen and oxygen atoms in total. The molecule has 0 spiro atoms. The smallest absolute Gasteiger partial charge is 0.153 e. The second-order valence-corrected chi connectivity index (χ2v) is 7.10. The van der Waals surface area contributed by atoms with Gasteiger partial charge in [0, 0.05) is 11.6 Å². The SMILES string of the molecule is CC(C(O)c1cc2cccc(Cl)c2o1)S(C)(=O)=O. The van der Waals surface area contributed by atoms with E-state index in [0.717, 1.165) is 11.6 Å². The molecule has 1 aromatic carbocycles. The van der Waals surface area contributed by atoms with E-state index in [0.29, 0.717) is 10.6 Å². The average molecular weight is 289 g/mol. The summed E-state index contributed by atoms with van der Waals surface area (Å²) >= 11 is 5.95. The van der Waals surface area contributed by atoms with Crippen LogP contribution < -0.4 is 0 Å². The van der Waals surface area contributed by atoms with Gasteiger partial charge in [0.1, 0.15) is 11.9 Å². The zero-order valence-corrected chi connectivity index (χ0v) is 11.5. The van der Waals surface area contributed by atoms with Gasteiger partial charge in [-0.05, 0) is 19.1 Å². The number of rotatable bonds is 3. The summed E-state index contributed by atoms with van der Waals surface area (Å²) in [4.78, 5) is 0. The number of para-hydroxylation sites is 1. The number of hydrogen-bond donors (Lipinski definition) is 1. The number of aliphatic hydroxyl groups excluding tert-OH is 1. The molecule has 0 aliphatic rings. The molecule has 0 saturated heterocycles. The number of sulfone groups is 1. The van der Waals surface area contributed by atoms with Gasteiger partial charge in [0.15, 0.2) is 15.4 Å². The van der Waals surface area contributed by atoms with Crippen molar-refractivity contribution < 1.29 is 17.9 Å². The molecular formula is C12H13ClO4S. The van der Waals surface area contributed by atoms with E-state index < -0.39 is 21.2 Å². The van der Waals surface area contributed by atoms with Crippen molar-refractivity contribution in [3.63, 3.8) is 0 Å². The molecule has 0 radical (unpaired) electrons. The summed E-state index contributed by atoms with van der Waals surface area (Å²) in [5, 5.41) is 10.2. The van der Waals surface area contributed by atoms with Crippen LogP contribution in [0.1, 0.15) is 18.8 Å². The van der Waals surface area contributed by atoms with E-state index in [1.807, 2.05) is 0 Å². The lowest BCUT2D eigenvalue weighted by Crippen LogP contribution is -2.23. The minimum atomic E-state index is -3.34. The van der Waals surface area contributed by atoms with E-state index in [1.54, 1.807) is 24.3 Å². The van der Waals surface area contributed by atoms with Crippen LogP contribution in [0.5, 0.6) is 0 Å². The van der Waals surface area contributed by atoms with Crippen LogP contribution in [-0.2, 0) is 9.84 Å². The molecule has 2 atom stereocenters. The Kier molecular flexibility index (Phi) is 3.40. The van der Waals surface area contributed by atoms with Crippen LogP contribution in [0.2, 0.25) is 5.02 Å². The van der Waals surface area contributed by atoms with Crippen LogP contribution in [0.15, 0.2) is 28.7 Å². The zero-order valence-electron chi connectivity index (χ0n) is 9.92. The van der Waals surface area contributed by atoms with Gasteiger partial charge in [-0.2, -0.15) is 0 Å². The molecule has 98 valence electrons. The molecule has 18 heavy (non-hydrogen) atoms. The predicted molar refractivity (Wildman–Crippen MR) is 70.5 cm³/mol. The maximum atomic E-state index is 11.4. The summed E-state index contributed by atoms with van der Waals surface area (Å²) in [5.41, 5.74) is 0.453. The Labute approximate surface area is 110 Å². The first-order valence-electron chi connectivity index (χ1n) is 5.35. The highest BCUT2D eigenvalue weighted by Gasteiger charge is 2.28. The Balaban J connectivity index is 2.46. The molecule has 1 heterocycles. The first-order valence-corrected chi connectivity index (χ1v) is 7.69. The molecule has 1 N–H and O–H groups in total. The lowest BCUT2D eigenvalue weighted by Gasteiger charge is -2.14. The van der Waals surface area contributed by atoms with Gasteiger partial charge in [-0.25, -0.2) is 8.42 Å². The van der Waals surface area contributed by atoms with E-state index >= 15 is 0 Å². The van der Waals surface area contributed by atoms with Crippen LogP contribution in [0, 0.1) is 0 Å². The normalized spacial score (nSPS) is 15.8. The van der Waals surface area contributed by atoms with E-state index in [4.69, 9.17) is 16.0 Å². The van der Waals surface area contributed by atoms with Crippen LogP contribution in [0.25, 0.3) is 11.0 Å². The van der Waals surface area contributed by atoms with Gasteiger partial charge in [0.2, 0.25) is 0 Å². The number of hydrogen-bond acceptors (Lipinski definition) is 4. The molecule has 0 saturated carbocycles. The first kappa shape index (κ1) is 13.4. The van der Waals surface area contributed by atoms with Crippen LogP contribution in [0.3, 0.4) is 0 Å². The fraction of sp³-hybridized carbons (Fsp3) is 0.333. The predicted octanol–water partition coefficient (Wildman–Crippen LogP) is 2.55. The van der Waals surface area contributed by atoms with E-state index in [1.165, 1.54) is 6.92 Å². The van der Waals surface area contributed by atoms with Gasteiger partial charge in [-0.3, -0.25) is 0 Å². The van der Waals surface area contributed by atoms with Crippen molar-refractivity contribution in [2.45, 2.75) is 18.3 Å². The van der Waals surface area contributed by atoms with Gasteiger partial charge < -0.3 is 9.52 Å². The molecule has 2 rings (SSSR count). The lowest BCUT2D eigenvalue weighted by atomic mass is 10.2. The molecule has 0 aliphatic carbocycles. The Morgan fingerprint density at radius 2 is 2.06 bits per heavy atom. The Morgan fingerprint density at radius 1 is 1.39 bits per heavy atom. The van der Waals surface area contributed by atoms with Gasteiger partial charge in [-0.15, -0.1) is 0 Å². The molecule has 0 aliphatic heterocycles. The summed E-state index contributed by atoms with van der Waals surface area (Å²) in [6.45, 7) is 1.44. The van der Waals surface area contributed by atoms with Crippen molar-refractivity contribution >= 4 is 32.4 Å². The summed E-state index contributed by atoms with van der Waals surface area (Å²) in [7, 11) is -3.34. The van der Waals surface area contributed by atoms with Crippen molar-refractivity contribution in [1.82, 2.24) is 0 Å². The number of halogens is 1. The topological polar surface area (TPSA) is 67.5 Å². The Bertz CT molecular complexity index is 674. The van der Waals surface area contributed by atoms with E-state index in [2.05, 4.69) is 0 Å². The number of furan rings is 1. The number of fused-ring (bicyclic) bond motifs is 1. The second kappa shape index (κ2) is 4.57. The fourth-order valence-corrected chi connectivity index (χ4v) is 2.48. The van der Waals surface area contributed by atoms with Gasteiger partial charge >= 0.3 is 0 Å². The van der Waals surface area contributed by atoms with Crippen molar-refractivity contribution in [2.75, 3.05) is 6.26 Å². The number of aliphatic hydroxyl groups is 1.